The van der Waals surface area contributed by atoms with Crippen LogP contribution >= 0.6 is 0 Å². The fourth-order valence-electron chi connectivity index (χ4n) is 5.00. The Kier molecular flexibility index (Phi) is 7.98. The van der Waals surface area contributed by atoms with E-state index in [-0.39, 0.29) is 30.0 Å². The SMILES string of the molecule is C=CCn1c(=O)c2ccc(Nc3cc(N[C@H](CO)c4ccccc4)c(-c4nnc(-c5ccccn5)o4)cn3)nc2n1C(C)C. The monoisotopic (exact) mass is 589 g/mol. The second kappa shape index (κ2) is 12.3. The Hall–Kier alpha value is -5.62. The fourth-order valence-corrected chi connectivity index (χ4v) is 5.00. The first-order valence-corrected chi connectivity index (χ1v) is 14.1. The number of rotatable bonds is 11. The molecule has 1 aromatic carbocycles. The third-order valence-corrected chi connectivity index (χ3v) is 7.02. The number of aromatic nitrogens is 7. The Morgan fingerprint density at radius 3 is 2.52 bits per heavy atom. The van der Waals surface area contributed by atoms with Crippen LogP contribution in [-0.4, -0.2) is 46.2 Å². The lowest BCUT2D eigenvalue weighted by Gasteiger charge is -2.20. The van der Waals surface area contributed by atoms with Gasteiger partial charge in [-0.1, -0.05) is 42.5 Å². The average Bonchev–Trinajstić information content (AvgIpc) is 3.64. The maximum atomic E-state index is 13.0. The minimum Gasteiger partial charge on any atom is -0.414 e. The lowest BCUT2D eigenvalue weighted by atomic mass is 10.1. The largest absolute Gasteiger partial charge is 0.414 e. The van der Waals surface area contributed by atoms with Gasteiger partial charge >= 0.3 is 0 Å². The molecule has 5 aromatic heterocycles. The number of nitrogens with one attached hydrogen (secondary N) is 2. The standard InChI is InChI=1S/C32H31N9O3/c1-4-16-40-32(43)22-13-14-27(37-29(22)41(40)20(2)3)36-28-17-25(35-26(19-42)21-10-6-5-7-11-21)23(18-34-28)30-38-39-31(44-30)24-12-8-9-15-33-24/h4-15,17-18,20,26,42H,1,16,19H2,2-3H3,(H2,34,35,36,37)/t26-/m1/s1. The number of hydrogen-bond acceptors (Lipinski definition) is 10. The highest BCUT2D eigenvalue weighted by atomic mass is 16.4. The van der Waals surface area contributed by atoms with Gasteiger partial charge in [0.1, 0.15) is 17.3 Å². The van der Waals surface area contributed by atoms with Gasteiger partial charge in [0.15, 0.2) is 5.65 Å². The van der Waals surface area contributed by atoms with Crippen molar-refractivity contribution in [2.45, 2.75) is 32.5 Å². The van der Waals surface area contributed by atoms with Crippen LogP contribution in [0.2, 0.25) is 0 Å². The van der Waals surface area contributed by atoms with Crippen LogP contribution in [0, 0.1) is 0 Å². The molecular weight excluding hydrogens is 558 g/mol. The van der Waals surface area contributed by atoms with Gasteiger partial charge in [0.2, 0.25) is 0 Å². The summed E-state index contributed by atoms with van der Waals surface area (Å²) < 4.78 is 9.50. The molecule has 6 rings (SSSR count). The van der Waals surface area contributed by atoms with E-state index < -0.39 is 6.04 Å². The van der Waals surface area contributed by atoms with Crippen LogP contribution in [0.4, 0.5) is 17.3 Å². The molecule has 0 aliphatic rings. The summed E-state index contributed by atoms with van der Waals surface area (Å²) in [6, 6.07) is 19.9. The Balaban J connectivity index is 1.39. The molecule has 0 saturated heterocycles. The average molecular weight is 590 g/mol. The highest BCUT2D eigenvalue weighted by Crippen LogP contribution is 2.33. The fraction of sp³-hybridized carbons (Fsp3) is 0.188. The second-order valence-corrected chi connectivity index (χ2v) is 10.3. The molecule has 0 bridgehead atoms. The van der Waals surface area contributed by atoms with Crippen molar-refractivity contribution in [3.63, 3.8) is 0 Å². The van der Waals surface area contributed by atoms with Crippen molar-refractivity contribution in [2.75, 3.05) is 17.2 Å². The third-order valence-electron chi connectivity index (χ3n) is 7.02. The molecule has 1 atom stereocenters. The number of anilines is 3. The Morgan fingerprint density at radius 1 is 1.00 bits per heavy atom. The highest BCUT2D eigenvalue weighted by Gasteiger charge is 2.20. The van der Waals surface area contributed by atoms with Gasteiger partial charge in [-0.25, -0.2) is 14.6 Å². The molecule has 0 aliphatic heterocycles. The number of aliphatic hydroxyl groups excluding tert-OH is 1. The van der Waals surface area contributed by atoms with Gasteiger partial charge in [-0.15, -0.1) is 16.8 Å². The number of hydrogen-bond donors (Lipinski definition) is 3. The maximum Gasteiger partial charge on any atom is 0.276 e. The van der Waals surface area contributed by atoms with E-state index in [1.165, 1.54) is 0 Å². The van der Waals surface area contributed by atoms with Crippen LogP contribution < -0.4 is 16.2 Å². The summed E-state index contributed by atoms with van der Waals surface area (Å²) in [5.74, 6) is 1.49. The number of pyridine rings is 3. The van der Waals surface area contributed by atoms with E-state index >= 15 is 0 Å². The summed E-state index contributed by atoms with van der Waals surface area (Å²) in [5, 5.41) is 25.9. The number of benzene rings is 1. The van der Waals surface area contributed by atoms with E-state index in [0.717, 1.165) is 5.56 Å². The summed E-state index contributed by atoms with van der Waals surface area (Å²) in [6.45, 7) is 8.00. The summed E-state index contributed by atoms with van der Waals surface area (Å²) in [7, 11) is 0. The predicted octanol–water partition coefficient (Wildman–Crippen LogP) is 5.36. The molecule has 0 spiro atoms. The predicted molar refractivity (Wildman–Crippen MR) is 169 cm³/mol. The molecule has 0 saturated carbocycles. The van der Waals surface area contributed by atoms with E-state index in [4.69, 9.17) is 9.40 Å². The molecule has 222 valence electrons. The van der Waals surface area contributed by atoms with Crippen LogP contribution in [0.3, 0.4) is 0 Å². The number of nitrogens with zero attached hydrogens (tertiary/aromatic N) is 7. The zero-order valence-corrected chi connectivity index (χ0v) is 24.3. The molecule has 44 heavy (non-hydrogen) atoms. The van der Waals surface area contributed by atoms with Gasteiger partial charge in [-0.2, -0.15) is 0 Å². The number of allylic oxidation sites excluding steroid dienone is 1. The van der Waals surface area contributed by atoms with Gasteiger partial charge in [0.25, 0.3) is 17.3 Å². The van der Waals surface area contributed by atoms with Crippen LogP contribution in [0.1, 0.15) is 31.5 Å². The molecule has 6 aromatic rings. The zero-order valence-electron chi connectivity index (χ0n) is 24.3. The quantitative estimate of drug-likeness (QED) is 0.169. The second-order valence-electron chi connectivity index (χ2n) is 10.3. The molecule has 0 aliphatic carbocycles. The molecule has 3 N–H and O–H groups in total. The molecule has 5 heterocycles. The summed E-state index contributed by atoms with van der Waals surface area (Å²) in [6.07, 6.45) is 4.96. The minimum absolute atomic E-state index is 0.00473. The van der Waals surface area contributed by atoms with Crippen LogP contribution in [0.5, 0.6) is 0 Å². The Morgan fingerprint density at radius 2 is 1.80 bits per heavy atom. The first kappa shape index (κ1) is 28.5. The van der Waals surface area contributed by atoms with Crippen LogP contribution in [0.25, 0.3) is 34.1 Å². The summed E-state index contributed by atoms with van der Waals surface area (Å²) in [5.41, 5.74) is 3.02. The maximum absolute atomic E-state index is 13.0. The summed E-state index contributed by atoms with van der Waals surface area (Å²) in [4.78, 5) is 26.7. The van der Waals surface area contributed by atoms with Gasteiger partial charge in [0.05, 0.1) is 35.8 Å². The van der Waals surface area contributed by atoms with Crippen molar-refractivity contribution in [3.05, 3.63) is 108 Å². The van der Waals surface area contributed by atoms with Gasteiger partial charge in [0, 0.05) is 24.5 Å². The molecule has 12 nitrogen and oxygen atoms in total. The van der Waals surface area contributed by atoms with Crippen LogP contribution in [-0.2, 0) is 6.54 Å². The van der Waals surface area contributed by atoms with E-state index in [2.05, 4.69) is 37.4 Å². The molecule has 0 fully saturated rings. The molecule has 12 heteroatoms. The van der Waals surface area contributed by atoms with Gasteiger partial charge in [-0.05, 0) is 43.7 Å². The summed E-state index contributed by atoms with van der Waals surface area (Å²) >= 11 is 0. The van der Waals surface area contributed by atoms with Gasteiger partial charge in [-0.3, -0.25) is 14.5 Å². The first-order chi connectivity index (χ1) is 21.5. The van der Waals surface area contributed by atoms with Crippen molar-refractivity contribution < 1.29 is 9.52 Å². The van der Waals surface area contributed by atoms with E-state index in [9.17, 15) is 9.90 Å². The number of aliphatic hydroxyl groups is 1. The van der Waals surface area contributed by atoms with Crippen LogP contribution in [0.15, 0.2) is 101 Å². The van der Waals surface area contributed by atoms with Crippen molar-refractivity contribution >= 4 is 28.4 Å². The third kappa shape index (κ3) is 5.57. The zero-order chi connectivity index (χ0) is 30.6. The number of fused-ring (bicyclic) bond motifs is 1. The lowest BCUT2D eigenvalue weighted by Crippen LogP contribution is -2.23. The molecular formula is C32H31N9O3. The first-order valence-electron chi connectivity index (χ1n) is 14.1. The molecule has 0 amide bonds. The van der Waals surface area contributed by atoms with Crippen molar-refractivity contribution in [1.82, 2.24) is 34.5 Å². The van der Waals surface area contributed by atoms with Gasteiger partial charge < -0.3 is 20.2 Å². The van der Waals surface area contributed by atoms with E-state index in [1.54, 1.807) is 47.4 Å². The Bertz CT molecular complexity index is 1960. The van der Waals surface area contributed by atoms with Crippen molar-refractivity contribution in [3.8, 4) is 23.0 Å². The van der Waals surface area contributed by atoms with Crippen molar-refractivity contribution in [1.29, 1.82) is 0 Å². The minimum atomic E-state index is -0.428. The smallest absolute Gasteiger partial charge is 0.276 e. The van der Waals surface area contributed by atoms with Crippen molar-refractivity contribution in [2.24, 2.45) is 0 Å². The lowest BCUT2D eigenvalue weighted by molar-refractivity contribution is 0.276. The normalized spacial score (nSPS) is 12.0. The topological polar surface area (TPSA) is 149 Å². The highest BCUT2D eigenvalue weighted by molar-refractivity contribution is 5.79. The molecule has 0 unspecified atom stereocenters. The van der Waals surface area contributed by atoms with E-state index in [0.29, 0.717) is 46.2 Å². The van der Waals surface area contributed by atoms with E-state index in [1.807, 2.05) is 61.0 Å². The Labute approximate surface area is 252 Å². The molecule has 0 radical (unpaired) electrons.